The van der Waals surface area contributed by atoms with Crippen molar-refractivity contribution in [2.45, 2.75) is 6.61 Å². The van der Waals surface area contributed by atoms with Crippen LogP contribution in [0.25, 0.3) is 0 Å². The summed E-state index contributed by atoms with van der Waals surface area (Å²) >= 11 is 6.07. The van der Waals surface area contributed by atoms with Crippen LogP contribution in [-0.2, 0) is 6.61 Å². The number of methoxy groups -OCH3 is 1. The van der Waals surface area contributed by atoms with Crippen molar-refractivity contribution in [2.24, 2.45) is 0 Å². The second-order valence-electron chi connectivity index (χ2n) is 5.45. The fraction of sp³-hybridized carbons (Fsp3) is 0.100. The maximum absolute atomic E-state index is 12.4. The van der Waals surface area contributed by atoms with Gasteiger partial charge in [-0.15, -0.1) is 0 Å². The number of nitrogens with one attached hydrogen (secondary N) is 1. The summed E-state index contributed by atoms with van der Waals surface area (Å²) in [7, 11) is 1.56. The third kappa shape index (κ3) is 4.32. The predicted molar refractivity (Wildman–Crippen MR) is 101 cm³/mol. The van der Waals surface area contributed by atoms with Crippen molar-refractivity contribution >= 4 is 23.2 Å². The van der Waals surface area contributed by atoms with Crippen LogP contribution >= 0.6 is 11.6 Å². The lowest BCUT2D eigenvalue weighted by molar-refractivity contribution is 0.102. The van der Waals surface area contributed by atoms with E-state index in [0.717, 1.165) is 5.56 Å². The molecule has 0 radical (unpaired) electrons. The Morgan fingerprint density at radius 1 is 1.12 bits per heavy atom. The predicted octanol–water partition coefficient (Wildman–Crippen LogP) is 4.57. The highest BCUT2D eigenvalue weighted by Crippen LogP contribution is 2.31. The van der Waals surface area contributed by atoms with Crippen molar-refractivity contribution < 1.29 is 14.3 Å². The second-order valence-corrected chi connectivity index (χ2v) is 5.86. The molecule has 5 nitrogen and oxygen atoms in total. The normalized spacial score (nSPS) is 10.2. The molecule has 1 N–H and O–H groups in total. The molecule has 3 aromatic rings. The number of benzene rings is 2. The summed E-state index contributed by atoms with van der Waals surface area (Å²) < 4.78 is 11.1. The van der Waals surface area contributed by atoms with Crippen LogP contribution in [0.3, 0.4) is 0 Å². The average Bonchev–Trinajstić information content (AvgIpc) is 2.67. The van der Waals surface area contributed by atoms with E-state index in [1.807, 2.05) is 12.1 Å². The molecule has 0 spiro atoms. The van der Waals surface area contributed by atoms with Crippen molar-refractivity contribution in [1.82, 2.24) is 4.98 Å². The van der Waals surface area contributed by atoms with E-state index < -0.39 is 0 Å². The van der Waals surface area contributed by atoms with Gasteiger partial charge < -0.3 is 14.8 Å². The quantitative estimate of drug-likeness (QED) is 0.692. The van der Waals surface area contributed by atoms with Gasteiger partial charge in [-0.3, -0.25) is 9.78 Å². The van der Waals surface area contributed by atoms with E-state index in [-0.39, 0.29) is 5.91 Å². The maximum Gasteiger partial charge on any atom is 0.257 e. The largest absolute Gasteiger partial charge is 0.493 e. The lowest BCUT2D eigenvalue weighted by Gasteiger charge is -2.13. The third-order valence-electron chi connectivity index (χ3n) is 3.66. The van der Waals surface area contributed by atoms with Gasteiger partial charge in [-0.05, 0) is 30.3 Å². The first-order valence-corrected chi connectivity index (χ1v) is 8.31. The number of halogens is 1. The summed E-state index contributed by atoms with van der Waals surface area (Å²) in [5.74, 6) is 0.803. The lowest BCUT2D eigenvalue weighted by atomic mass is 10.2. The van der Waals surface area contributed by atoms with Gasteiger partial charge >= 0.3 is 0 Å². The summed E-state index contributed by atoms with van der Waals surface area (Å²) in [5, 5.41) is 3.21. The number of amides is 1. The molecule has 1 heterocycles. The van der Waals surface area contributed by atoms with Crippen LogP contribution in [0.4, 0.5) is 5.69 Å². The minimum Gasteiger partial charge on any atom is -0.493 e. The monoisotopic (exact) mass is 368 g/mol. The minimum atomic E-state index is -0.293. The van der Waals surface area contributed by atoms with Crippen LogP contribution in [0.2, 0.25) is 5.02 Å². The highest BCUT2D eigenvalue weighted by Gasteiger charge is 2.12. The van der Waals surface area contributed by atoms with Crippen LogP contribution in [-0.4, -0.2) is 18.0 Å². The molecule has 0 bridgehead atoms. The standard InChI is InChI=1S/C20H17ClN2O3/c1-25-18-9-8-15(23-20(24)16-6-2-3-7-17(16)21)11-19(18)26-13-14-5-4-10-22-12-14/h2-12H,13H2,1H3,(H,23,24). The lowest BCUT2D eigenvalue weighted by Crippen LogP contribution is -2.12. The number of pyridine rings is 1. The number of aromatic nitrogens is 1. The number of carbonyl (C=O) groups is 1. The highest BCUT2D eigenvalue weighted by atomic mass is 35.5. The number of ether oxygens (including phenoxy) is 2. The third-order valence-corrected chi connectivity index (χ3v) is 3.99. The molecule has 132 valence electrons. The number of hydrogen-bond donors (Lipinski definition) is 1. The van der Waals surface area contributed by atoms with Crippen LogP contribution in [0.5, 0.6) is 11.5 Å². The molecule has 0 aliphatic rings. The smallest absolute Gasteiger partial charge is 0.257 e. The molecule has 2 aromatic carbocycles. The van der Waals surface area contributed by atoms with Crippen molar-refractivity contribution in [3.05, 3.63) is 83.1 Å². The molecule has 3 rings (SSSR count). The Morgan fingerprint density at radius 3 is 2.69 bits per heavy atom. The second kappa shape index (κ2) is 8.36. The Labute approximate surface area is 156 Å². The van der Waals surface area contributed by atoms with Crippen LogP contribution in [0.1, 0.15) is 15.9 Å². The summed E-state index contributed by atoms with van der Waals surface area (Å²) in [4.78, 5) is 16.5. The summed E-state index contributed by atoms with van der Waals surface area (Å²) in [6.07, 6.45) is 3.43. The van der Waals surface area contributed by atoms with E-state index in [4.69, 9.17) is 21.1 Å². The minimum absolute atomic E-state index is 0.293. The van der Waals surface area contributed by atoms with Crippen LogP contribution in [0.15, 0.2) is 67.0 Å². The number of rotatable bonds is 6. The first-order valence-electron chi connectivity index (χ1n) is 7.93. The molecule has 26 heavy (non-hydrogen) atoms. The van der Waals surface area contributed by atoms with E-state index >= 15 is 0 Å². The molecule has 1 amide bonds. The Morgan fingerprint density at radius 2 is 1.96 bits per heavy atom. The number of anilines is 1. The van der Waals surface area contributed by atoms with Crippen LogP contribution in [0, 0.1) is 0 Å². The Kier molecular flexibility index (Phi) is 5.71. The first kappa shape index (κ1) is 17.8. The van der Waals surface area contributed by atoms with E-state index in [1.165, 1.54) is 0 Å². The molecule has 0 fully saturated rings. The molecule has 0 unspecified atom stereocenters. The molecule has 0 saturated heterocycles. The fourth-order valence-electron chi connectivity index (χ4n) is 2.36. The van der Waals surface area contributed by atoms with Gasteiger partial charge in [0, 0.05) is 29.7 Å². The van der Waals surface area contributed by atoms with Gasteiger partial charge in [-0.25, -0.2) is 0 Å². The van der Waals surface area contributed by atoms with Gasteiger partial charge in [-0.1, -0.05) is 29.8 Å². The topological polar surface area (TPSA) is 60.5 Å². The van der Waals surface area contributed by atoms with Crippen molar-refractivity contribution in [1.29, 1.82) is 0 Å². The molecule has 6 heteroatoms. The van der Waals surface area contributed by atoms with Gasteiger partial charge in [-0.2, -0.15) is 0 Å². The van der Waals surface area contributed by atoms with Gasteiger partial charge in [0.25, 0.3) is 5.91 Å². The maximum atomic E-state index is 12.4. The first-order chi connectivity index (χ1) is 12.7. The van der Waals surface area contributed by atoms with Gasteiger partial charge in [0.2, 0.25) is 0 Å². The van der Waals surface area contributed by atoms with Crippen LogP contribution < -0.4 is 14.8 Å². The molecular weight excluding hydrogens is 352 g/mol. The number of nitrogens with zero attached hydrogens (tertiary/aromatic N) is 1. The summed E-state index contributed by atoms with van der Waals surface area (Å²) in [5.41, 5.74) is 1.92. The Bertz CT molecular complexity index is 901. The van der Waals surface area contributed by atoms with E-state index in [0.29, 0.717) is 34.4 Å². The number of carbonyl (C=O) groups excluding carboxylic acids is 1. The Hall–Kier alpha value is -3.05. The molecule has 0 atom stereocenters. The molecule has 1 aromatic heterocycles. The van der Waals surface area contributed by atoms with E-state index in [9.17, 15) is 4.79 Å². The Balaban J connectivity index is 1.76. The van der Waals surface area contributed by atoms with Gasteiger partial charge in [0.05, 0.1) is 17.7 Å². The van der Waals surface area contributed by atoms with Crippen molar-refractivity contribution in [2.75, 3.05) is 12.4 Å². The van der Waals surface area contributed by atoms with E-state index in [2.05, 4.69) is 10.3 Å². The molecule has 0 aliphatic heterocycles. The summed E-state index contributed by atoms with van der Waals surface area (Å²) in [6.45, 7) is 0.339. The molecular formula is C20H17ClN2O3. The number of hydrogen-bond acceptors (Lipinski definition) is 4. The zero-order valence-corrected chi connectivity index (χ0v) is 14.9. The fourth-order valence-corrected chi connectivity index (χ4v) is 2.58. The van der Waals surface area contributed by atoms with Crippen molar-refractivity contribution in [3.8, 4) is 11.5 Å². The molecule has 0 saturated carbocycles. The zero-order chi connectivity index (χ0) is 18.4. The molecule has 0 aliphatic carbocycles. The summed E-state index contributed by atoms with van der Waals surface area (Å²) in [6, 6.07) is 15.8. The average molecular weight is 369 g/mol. The van der Waals surface area contributed by atoms with Gasteiger partial charge in [0.15, 0.2) is 11.5 Å². The van der Waals surface area contributed by atoms with E-state index in [1.54, 1.807) is 62.0 Å². The van der Waals surface area contributed by atoms with Gasteiger partial charge in [0.1, 0.15) is 6.61 Å². The SMILES string of the molecule is COc1ccc(NC(=O)c2ccccc2Cl)cc1OCc1cccnc1. The zero-order valence-electron chi connectivity index (χ0n) is 14.1. The highest BCUT2D eigenvalue weighted by molar-refractivity contribution is 6.34. The van der Waals surface area contributed by atoms with Crippen molar-refractivity contribution in [3.63, 3.8) is 0 Å².